The third-order valence-corrected chi connectivity index (χ3v) is 0.963. The number of hydrogen-bond acceptors (Lipinski definition) is 0. The molecule has 0 atom stereocenters. The Morgan fingerprint density at radius 2 is 2.12 bits per heavy atom. The molecule has 0 heterocycles. The molecule has 0 amide bonds. The van der Waals surface area contributed by atoms with Crippen LogP contribution in [0, 0.1) is 6.42 Å². The standard InChI is InChI=1S/C8H15/c1-3-5-7-8-6-4-2/h5,7-8H,3-4,6H2,1-2H3/q+1. The minimum Gasteiger partial charge on any atom is -0.0634 e. The third-order valence-electron chi connectivity index (χ3n) is 0.963. The number of rotatable bonds is 4. The topological polar surface area (TPSA) is 0 Å². The summed E-state index contributed by atoms with van der Waals surface area (Å²) < 4.78 is 0. The maximum absolute atomic E-state index is 2.21. The molecule has 0 aromatic rings. The molecular formula is C8H15+. The Morgan fingerprint density at radius 3 is 2.62 bits per heavy atom. The first-order valence-corrected chi connectivity index (χ1v) is 3.40. The molecule has 0 saturated carbocycles. The second-order valence-corrected chi connectivity index (χ2v) is 1.86. The van der Waals surface area contributed by atoms with Gasteiger partial charge in [0.2, 0.25) is 0 Å². The summed E-state index contributed by atoms with van der Waals surface area (Å²) >= 11 is 0. The molecule has 0 aromatic heterocycles. The monoisotopic (exact) mass is 111 g/mol. The van der Waals surface area contributed by atoms with Crippen molar-refractivity contribution in [3.05, 3.63) is 18.6 Å². The molecule has 0 radical (unpaired) electrons. The van der Waals surface area contributed by atoms with Crippen molar-refractivity contribution in [2.45, 2.75) is 33.1 Å². The summed E-state index contributed by atoms with van der Waals surface area (Å²) in [4.78, 5) is 0. The fourth-order valence-corrected chi connectivity index (χ4v) is 0.495. The maximum Gasteiger partial charge on any atom is 0.0893 e. The highest BCUT2D eigenvalue weighted by molar-refractivity contribution is 4.93. The fraction of sp³-hybridized carbons (Fsp3) is 0.625. The van der Waals surface area contributed by atoms with Crippen LogP contribution in [0.4, 0.5) is 0 Å². The van der Waals surface area contributed by atoms with Gasteiger partial charge in [0.25, 0.3) is 0 Å². The fourth-order valence-electron chi connectivity index (χ4n) is 0.495. The van der Waals surface area contributed by atoms with Gasteiger partial charge in [-0.05, 0) is 13.3 Å². The normalized spacial score (nSPS) is 10.2. The predicted molar refractivity (Wildman–Crippen MR) is 38.6 cm³/mol. The molecular weight excluding hydrogens is 96.1 g/mol. The van der Waals surface area contributed by atoms with Crippen LogP contribution in [0.25, 0.3) is 0 Å². The second-order valence-electron chi connectivity index (χ2n) is 1.86. The van der Waals surface area contributed by atoms with Crippen LogP contribution in [-0.4, -0.2) is 0 Å². The maximum atomic E-state index is 2.21. The number of unbranched alkanes of at least 4 members (excludes halogenated alkanes) is 2. The van der Waals surface area contributed by atoms with Gasteiger partial charge in [-0.3, -0.25) is 0 Å². The van der Waals surface area contributed by atoms with E-state index in [0.717, 1.165) is 6.42 Å². The van der Waals surface area contributed by atoms with Crippen molar-refractivity contribution >= 4 is 0 Å². The van der Waals surface area contributed by atoms with E-state index in [9.17, 15) is 0 Å². The highest BCUT2D eigenvalue weighted by Gasteiger charge is 1.81. The van der Waals surface area contributed by atoms with Crippen LogP contribution in [-0.2, 0) is 0 Å². The van der Waals surface area contributed by atoms with Crippen molar-refractivity contribution in [2.75, 3.05) is 0 Å². The van der Waals surface area contributed by atoms with E-state index in [2.05, 4.69) is 32.4 Å². The largest absolute Gasteiger partial charge is 0.0893 e. The molecule has 0 fully saturated rings. The molecule has 0 aliphatic heterocycles. The lowest BCUT2D eigenvalue weighted by atomic mass is 10.2. The summed E-state index contributed by atoms with van der Waals surface area (Å²) in [5, 5.41) is 0. The Balaban J connectivity index is 2.83. The van der Waals surface area contributed by atoms with Gasteiger partial charge in [0.05, 0.1) is 6.08 Å². The quantitative estimate of drug-likeness (QED) is 0.489. The van der Waals surface area contributed by atoms with E-state index in [1.165, 1.54) is 12.8 Å². The first-order valence-electron chi connectivity index (χ1n) is 3.40. The number of allylic oxidation sites excluding steroid dienone is 2. The van der Waals surface area contributed by atoms with Crippen LogP contribution >= 0.6 is 0 Å². The Kier molecular flexibility index (Phi) is 6.29. The minimum atomic E-state index is 1.15. The summed E-state index contributed by atoms with van der Waals surface area (Å²) in [5.74, 6) is 0. The van der Waals surface area contributed by atoms with Crippen molar-refractivity contribution in [3.8, 4) is 0 Å². The van der Waals surface area contributed by atoms with Crippen molar-refractivity contribution in [3.63, 3.8) is 0 Å². The molecule has 0 heteroatoms. The summed E-state index contributed by atoms with van der Waals surface area (Å²) in [6.07, 6.45) is 10.2. The van der Waals surface area contributed by atoms with Gasteiger partial charge in [-0.1, -0.05) is 6.92 Å². The summed E-state index contributed by atoms with van der Waals surface area (Å²) in [5.41, 5.74) is 0. The molecule has 0 bridgehead atoms. The van der Waals surface area contributed by atoms with Crippen LogP contribution < -0.4 is 0 Å². The van der Waals surface area contributed by atoms with Crippen molar-refractivity contribution in [2.24, 2.45) is 0 Å². The molecule has 0 aromatic carbocycles. The predicted octanol–water partition coefficient (Wildman–Crippen LogP) is 2.96. The zero-order valence-electron chi connectivity index (χ0n) is 5.85. The molecule has 0 nitrogen and oxygen atoms in total. The van der Waals surface area contributed by atoms with Crippen LogP contribution in [0.1, 0.15) is 33.1 Å². The van der Waals surface area contributed by atoms with Gasteiger partial charge in [0.15, 0.2) is 0 Å². The number of hydrogen-bond donors (Lipinski definition) is 0. The molecule has 0 unspecified atom stereocenters. The van der Waals surface area contributed by atoms with Crippen LogP contribution in [0.15, 0.2) is 12.2 Å². The lowest BCUT2D eigenvalue weighted by Crippen LogP contribution is -1.63. The Morgan fingerprint density at radius 1 is 1.38 bits per heavy atom. The SMILES string of the molecule is CC[CH+]C=CCCC. The first-order chi connectivity index (χ1) is 3.91. The molecule has 0 rings (SSSR count). The lowest BCUT2D eigenvalue weighted by molar-refractivity contribution is 0.955. The van der Waals surface area contributed by atoms with Gasteiger partial charge < -0.3 is 0 Å². The van der Waals surface area contributed by atoms with E-state index in [-0.39, 0.29) is 0 Å². The van der Waals surface area contributed by atoms with Gasteiger partial charge >= 0.3 is 0 Å². The average molecular weight is 111 g/mol. The van der Waals surface area contributed by atoms with Gasteiger partial charge in [0, 0.05) is 25.3 Å². The molecule has 46 valence electrons. The molecule has 0 spiro atoms. The molecule has 0 aliphatic rings. The highest BCUT2D eigenvalue weighted by atomic mass is 13.8. The smallest absolute Gasteiger partial charge is 0.0634 e. The van der Waals surface area contributed by atoms with E-state index < -0.39 is 0 Å². The molecule has 0 aliphatic carbocycles. The van der Waals surface area contributed by atoms with E-state index in [1.807, 2.05) is 0 Å². The van der Waals surface area contributed by atoms with Gasteiger partial charge in [-0.15, -0.1) is 0 Å². The van der Waals surface area contributed by atoms with Crippen molar-refractivity contribution in [1.82, 2.24) is 0 Å². The summed E-state index contributed by atoms with van der Waals surface area (Å²) in [7, 11) is 0. The van der Waals surface area contributed by atoms with Gasteiger partial charge in [0.1, 0.15) is 0 Å². The average Bonchev–Trinajstić information content (AvgIpc) is 1.81. The van der Waals surface area contributed by atoms with E-state index in [4.69, 9.17) is 0 Å². The van der Waals surface area contributed by atoms with Crippen molar-refractivity contribution in [1.29, 1.82) is 0 Å². The second kappa shape index (κ2) is 6.61. The Labute approximate surface area is 52.6 Å². The molecule has 0 N–H and O–H groups in total. The Bertz CT molecular complexity index is 45.1. The highest BCUT2D eigenvalue weighted by Crippen LogP contribution is 1.91. The van der Waals surface area contributed by atoms with Gasteiger partial charge in [-0.25, -0.2) is 0 Å². The zero-order chi connectivity index (χ0) is 6.24. The third kappa shape index (κ3) is 5.61. The summed E-state index contributed by atoms with van der Waals surface area (Å²) in [6.45, 7) is 4.34. The minimum absolute atomic E-state index is 1.15. The first kappa shape index (κ1) is 7.61. The summed E-state index contributed by atoms with van der Waals surface area (Å²) in [6, 6.07) is 0. The molecule has 8 heavy (non-hydrogen) atoms. The van der Waals surface area contributed by atoms with Crippen LogP contribution in [0.2, 0.25) is 0 Å². The zero-order valence-corrected chi connectivity index (χ0v) is 5.85. The van der Waals surface area contributed by atoms with E-state index in [0.29, 0.717) is 0 Å². The van der Waals surface area contributed by atoms with Crippen LogP contribution in [0.3, 0.4) is 0 Å². The van der Waals surface area contributed by atoms with Crippen LogP contribution in [0.5, 0.6) is 0 Å². The van der Waals surface area contributed by atoms with Crippen molar-refractivity contribution < 1.29 is 0 Å². The van der Waals surface area contributed by atoms with E-state index >= 15 is 0 Å². The lowest BCUT2D eigenvalue weighted by Gasteiger charge is -1.74. The Hall–Kier alpha value is -0.390. The van der Waals surface area contributed by atoms with Gasteiger partial charge in [-0.2, -0.15) is 0 Å². The molecule has 0 saturated heterocycles. The van der Waals surface area contributed by atoms with E-state index in [1.54, 1.807) is 0 Å².